The highest BCUT2D eigenvalue weighted by Crippen LogP contribution is 2.33. The summed E-state index contributed by atoms with van der Waals surface area (Å²) in [4.78, 5) is 0. The van der Waals surface area contributed by atoms with Gasteiger partial charge >= 0.3 is 14.1 Å². The maximum absolute atomic E-state index is 9.46. The standard InChI is InChI=1S/C18H16B2N2O2/c23-20(24)15-8-2-1-5-13(15)11-12-19-21-16-9-3-6-14-7-4-10-17(22-19)18(14)16/h1-12,21-24H/b12-11+. The fourth-order valence-electron chi connectivity index (χ4n) is 3.15. The SMILES string of the molecule is OB(O)c1ccccc1/C=C/B1Nc2cccc3cccc(c23)N1. The summed E-state index contributed by atoms with van der Waals surface area (Å²) in [5.74, 6) is 1.98. The molecular weight excluding hydrogens is 298 g/mol. The second-order valence-electron chi connectivity index (χ2n) is 5.84. The van der Waals surface area contributed by atoms with Crippen molar-refractivity contribution in [3.63, 3.8) is 0 Å². The molecule has 4 N–H and O–H groups in total. The monoisotopic (exact) mass is 314 g/mol. The lowest BCUT2D eigenvalue weighted by Gasteiger charge is -2.24. The molecule has 0 fully saturated rings. The van der Waals surface area contributed by atoms with Gasteiger partial charge in [-0.25, -0.2) is 0 Å². The molecule has 0 unspecified atom stereocenters. The molecule has 4 rings (SSSR count). The zero-order chi connectivity index (χ0) is 16.5. The Labute approximate surface area is 141 Å². The number of nitrogens with one attached hydrogen (secondary N) is 2. The van der Waals surface area contributed by atoms with Crippen LogP contribution in [0, 0.1) is 0 Å². The van der Waals surface area contributed by atoms with Crippen molar-refractivity contribution in [3.05, 3.63) is 72.2 Å². The Morgan fingerprint density at radius 3 is 2.17 bits per heavy atom. The van der Waals surface area contributed by atoms with Crippen molar-refractivity contribution in [2.75, 3.05) is 10.5 Å². The number of anilines is 2. The lowest BCUT2D eigenvalue weighted by Crippen LogP contribution is -2.36. The van der Waals surface area contributed by atoms with E-state index in [4.69, 9.17) is 0 Å². The summed E-state index contributed by atoms with van der Waals surface area (Å²) in [6.45, 7) is -0.0746. The lowest BCUT2D eigenvalue weighted by molar-refractivity contribution is 0.425. The first-order valence-corrected chi connectivity index (χ1v) is 7.90. The predicted octanol–water partition coefficient (Wildman–Crippen LogP) is 2.10. The van der Waals surface area contributed by atoms with E-state index in [1.165, 1.54) is 10.8 Å². The molecule has 116 valence electrons. The van der Waals surface area contributed by atoms with E-state index in [1.54, 1.807) is 12.1 Å². The second kappa shape index (κ2) is 6.07. The maximum Gasteiger partial charge on any atom is 0.489 e. The summed E-state index contributed by atoms with van der Waals surface area (Å²) < 4.78 is 0. The van der Waals surface area contributed by atoms with E-state index in [1.807, 2.05) is 36.3 Å². The molecule has 0 saturated heterocycles. The van der Waals surface area contributed by atoms with Crippen molar-refractivity contribution in [2.24, 2.45) is 0 Å². The number of hydrogen-bond acceptors (Lipinski definition) is 4. The van der Waals surface area contributed by atoms with Gasteiger partial charge in [-0.15, -0.1) is 0 Å². The van der Waals surface area contributed by atoms with Crippen molar-refractivity contribution < 1.29 is 10.0 Å². The van der Waals surface area contributed by atoms with Crippen LogP contribution in [0.5, 0.6) is 0 Å². The molecular formula is C18H16B2N2O2. The molecule has 3 aromatic carbocycles. The largest absolute Gasteiger partial charge is 0.489 e. The van der Waals surface area contributed by atoms with Crippen molar-refractivity contribution >= 4 is 47.8 Å². The van der Waals surface area contributed by atoms with Gasteiger partial charge in [0.2, 0.25) is 0 Å². The van der Waals surface area contributed by atoms with Crippen molar-refractivity contribution in [3.8, 4) is 0 Å². The van der Waals surface area contributed by atoms with Gasteiger partial charge in [0.1, 0.15) is 0 Å². The van der Waals surface area contributed by atoms with E-state index in [2.05, 4.69) is 34.7 Å². The Hall–Kier alpha value is -2.69. The van der Waals surface area contributed by atoms with E-state index in [0.29, 0.717) is 5.46 Å². The Bertz CT molecular complexity index is 887. The van der Waals surface area contributed by atoms with E-state index in [9.17, 15) is 10.0 Å². The van der Waals surface area contributed by atoms with Crippen molar-refractivity contribution in [1.82, 2.24) is 0 Å². The van der Waals surface area contributed by atoms with Crippen LogP contribution in [-0.4, -0.2) is 24.1 Å². The average Bonchev–Trinajstić information content (AvgIpc) is 2.60. The molecule has 0 aliphatic carbocycles. The molecule has 0 amide bonds. The molecule has 6 heteroatoms. The van der Waals surface area contributed by atoms with Crippen LogP contribution in [0.4, 0.5) is 11.4 Å². The fourth-order valence-corrected chi connectivity index (χ4v) is 3.15. The highest BCUT2D eigenvalue weighted by atomic mass is 16.4. The van der Waals surface area contributed by atoms with Crippen LogP contribution in [0.2, 0.25) is 0 Å². The third kappa shape index (κ3) is 2.66. The first-order valence-electron chi connectivity index (χ1n) is 7.90. The molecule has 24 heavy (non-hydrogen) atoms. The van der Waals surface area contributed by atoms with Gasteiger partial charge in [0, 0.05) is 16.8 Å². The first kappa shape index (κ1) is 14.9. The molecule has 1 aliphatic rings. The van der Waals surface area contributed by atoms with Gasteiger partial charge in [0.05, 0.1) is 0 Å². The van der Waals surface area contributed by atoms with E-state index in [-0.39, 0.29) is 6.98 Å². The summed E-state index contributed by atoms with van der Waals surface area (Å²) in [6, 6.07) is 19.7. The Balaban J connectivity index is 1.64. The van der Waals surface area contributed by atoms with Crippen molar-refractivity contribution in [2.45, 2.75) is 0 Å². The topological polar surface area (TPSA) is 64.5 Å². The van der Waals surface area contributed by atoms with Crippen molar-refractivity contribution in [1.29, 1.82) is 0 Å². The van der Waals surface area contributed by atoms with Gasteiger partial charge in [-0.1, -0.05) is 60.6 Å². The molecule has 0 atom stereocenters. The molecule has 1 heterocycles. The highest BCUT2D eigenvalue weighted by Gasteiger charge is 2.21. The Morgan fingerprint density at radius 1 is 0.833 bits per heavy atom. The lowest BCUT2D eigenvalue weighted by atomic mass is 9.71. The third-order valence-corrected chi connectivity index (χ3v) is 4.27. The summed E-state index contributed by atoms with van der Waals surface area (Å²) in [5, 5.41) is 28.2. The normalized spacial score (nSPS) is 13.0. The van der Waals surface area contributed by atoms with Gasteiger partial charge in [-0.3, -0.25) is 0 Å². The maximum atomic E-state index is 9.46. The van der Waals surface area contributed by atoms with E-state index in [0.717, 1.165) is 16.9 Å². The van der Waals surface area contributed by atoms with Crippen LogP contribution in [-0.2, 0) is 0 Å². The van der Waals surface area contributed by atoms with Gasteiger partial charge in [0.25, 0.3) is 0 Å². The van der Waals surface area contributed by atoms with Crippen LogP contribution in [0.3, 0.4) is 0 Å². The molecule has 0 saturated carbocycles. The molecule has 0 radical (unpaired) electrons. The zero-order valence-electron chi connectivity index (χ0n) is 13.0. The average molecular weight is 314 g/mol. The Morgan fingerprint density at radius 2 is 1.50 bits per heavy atom. The predicted molar refractivity (Wildman–Crippen MR) is 102 cm³/mol. The molecule has 0 bridgehead atoms. The molecule has 4 nitrogen and oxygen atoms in total. The second-order valence-corrected chi connectivity index (χ2v) is 5.84. The van der Waals surface area contributed by atoms with Crippen LogP contribution >= 0.6 is 0 Å². The quantitative estimate of drug-likeness (QED) is 0.559. The van der Waals surface area contributed by atoms with E-state index >= 15 is 0 Å². The summed E-state index contributed by atoms with van der Waals surface area (Å²) in [6.07, 6.45) is 1.90. The summed E-state index contributed by atoms with van der Waals surface area (Å²) in [7, 11) is -1.48. The van der Waals surface area contributed by atoms with Crippen LogP contribution < -0.4 is 15.9 Å². The smallest absolute Gasteiger partial charge is 0.423 e. The number of rotatable bonds is 3. The van der Waals surface area contributed by atoms with Crippen LogP contribution in [0.15, 0.2) is 66.6 Å². The summed E-state index contributed by atoms with van der Waals surface area (Å²) in [5.41, 5.74) is 3.46. The first-order chi connectivity index (χ1) is 11.7. The summed E-state index contributed by atoms with van der Waals surface area (Å²) >= 11 is 0. The molecule has 1 aliphatic heterocycles. The van der Waals surface area contributed by atoms with E-state index < -0.39 is 7.12 Å². The minimum Gasteiger partial charge on any atom is -0.423 e. The zero-order valence-corrected chi connectivity index (χ0v) is 13.0. The minimum absolute atomic E-state index is 0.0746. The van der Waals surface area contributed by atoms with Gasteiger partial charge in [-0.05, 0) is 28.5 Å². The molecule has 0 aromatic heterocycles. The Kier molecular flexibility index (Phi) is 3.76. The molecule has 0 spiro atoms. The molecule has 3 aromatic rings. The third-order valence-electron chi connectivity index (χ3n) is 4.27. The highest BCUT2D eigenvalue weighted by molar-refractivity contribution is 6.73. The number of hydrogen-bond donors (Lipinski definition) is 4. The van der Waals surface area contributed by atoms with Gasteiger partial charge in [-0.2, -0.15) is 0 Å². The van der Waals surface area contributed by atoms with Gasteiger partial charge < -0.3 is 20.5 Å². The van der Waals surface area contributed by atoms with Crippen LogP contribution in [0.1, 0.15) is 5.56 Å². The minimum atomic E-state index is -1.48. The fraction of sp³-hybridized carbons (Fsp3) is 0. The number of benzene rings is 3. The van der Waals surface area contributed by atoms with Crippen LogP contribution in [0.25, 0.3) is 16.8 Å². The van der Waals surface area contributed by atoms with Gasteiger partial charge in [0.15, 0.2) is 0 Å².